The number of allylic oxidation sites excluding steroid dienone is 1. The van der Waals surface area contributed by atoms with E-state index < -0.39 is 5.91 Å². The highest BCUT2D eigenvalue weighted by Crippen LogP contribution is 2.13. The predicted octanol–water partition coefficient (Wildman–Crippen LogP) is 3.79. The molecule has 2 aromatic carbocycles. The van der Waals surface area contributed by atoms with Gasteiger partial charge in [-0.1, -0.05) is 54.1 Å². The molecule has 2 rings (SSSR count). The zero-order chi connectivity index (χ0) is 15.2. The molecule has 0 fully saturated rings. The van der Waals surface area contributed by atoms with Gasteiger partial charge in [0.25, 0.3) is 5.91 Å². The molecule has 1 N–H and O–H groups in total. The van der Waals surface area contributed by atoms with E-state index in [1.807, 2.05) is 30.3 Å². The van der Waals surface area contributed by atoms with Crippen molar-refractivity contribution in [1.82, 2.24) is 5.06 Å². The Bertz CT molecular complexity index is 628. The molecule has 0 unspecified atom stereocenters. The molecular formula is C18H19NO2. The van der Waals surface area contributed by atoms with Crippen molar-refractivity contribution in [3.8, 4) is 0 Å². The van der Waals surface area contributed by atoms with Gasteiger partial charge < -0.3 is 0 Å². The second-order valence-corrected chi connectivity index (χ2v) is 5.10. The van der Waals surface area contributed by atoms with Crippen molar-refractivity contribution in [3.63, 3.8) is 0 Å². The summed E-state index contributed by atoms with van der Waals surface area (Å²) in [4.78, 5) is 11.6. The molecule has 0 heterocycles. The molecule has 1 amide bonds. The van der Waals surface area contributed by atoms with Gasteiger partial charge in [0.05, 0.1) is 0 Å². The van der Waals surface area contributed by atoms with Crippen molar-refractivity contribution >= 4 is 12.0 Å². The Hall–Kier alpha value is -2.39. The fourth-order valence-electron chi connectivity index (χ4n) is 2.16. The Morgan fingerprint density at radius 3 is 2.29 bits per heavy atom. The number of rotatable bonds is 4. The van der Waals surface area contributed by atoms with E-state index in [9.17, 15) is 4.79 Å². The maximum absolute atomic E-state index is 11.6. The van der Waals surface area contributed by atoms with Crippen molar-refractivity contribution in [2.24, 2.45) is 0 Å². The second-order valence-electron chi connectivity index (χ2n) is 5.10. The van der Waals surface area contributed by atoms with Crippen LogP contribution in [-0.4, -0.2) is 23.2 Å². The monoisotopic (exact) mass is 281 g/mol. The lowest BCUT2D eigenvalue weighted by atomic mass is 10.0. The van der Waals surface area contributed by atoms with Crippen LogP contribution in [0, 0.1) is 0 Å². The summed E-state index contributed by atoms with van der Waals surface area (Å²) in [6.07, 6.45) is 3.00. The predicted molar refractivity (Wildman–Crippen MR) is 84.1 cm³/mol. The maximum atomic E-state index is 11.6. The molecule has 0 aliphatic carbocycles. The first-order valence-corrected chi connectivity index (χ1v) is 6.84. The summed E-state index contributed by atoms with van der Waals surface area (Å²) in [6.45, 7) is 2.09. The van der Waals surface area contributed by atoms with Crippen molar-refractivity contribution in [3.05, 3.63) is 76.9 Å². The third kappa shape index (κ3) is 4.29. The van der Waals surface area contributed by atoms with Gasteiger partial charge in [-0.2, -0.15) is 0 Å². The molecule has 0 radical (unpaired) electrons. The quantitative estimate of drug-likeness (QED) is 0.684. The highest BCUT2D eigenvalue weighted by atomic mass is 16.5. The van der Waals surface area contributed by atoms with Crippen LogP contribution in [-0.2, 0) is 6.42 Å². The second kappa shape index (κ2) is 6.86. The van der Waals surface area contributed by atoms with Crippen LogP contribution >= 0.6 is 0 Å². The molecule has 0 saturated heterocycles. The fraction of sp³-hybridized carbons (Fsp3) is 0.167. The summed E-state index contributed by atoms with van der Waals surface area (Å²) in [5.74, 6) is -0.411. The van der Waals surface area contributed by atoms with Crippen molar-refractivity contribution < 1.29 is 10.0 Å². The number of hydrogen-bond donors (Lipinski definition) is 1. The molecule has 0 atom stereocenters. The highest BCUT2D eigenvalue weighted by Gasteiger charge is 2.08. The lowest BCUT2D eigenvalue weighted by Crippen LogP contribution is -2.22. The zero-order valence-electron chi connectivity index (χ0n) is 12.3. The molecule has 0 aliphatic rings. The van der Waals surface area contributed by atoms with Gasteiger partial charge in [0, 0.05) is 12.6 Å². The summed E-state index contributed by atoms with van der Waals surface area (Å²) in [6, 6.07) is 17.5. The largest absolute Gasteiger partial charge is 0.286 e. The van der Waals surface area contributed by atoms with Gasteiger partial charge in [-0.05, 0) is 36.6 Å². The van der Waals surface area contributed by atoms with Crippen LogP contribution in [0.3, 0.4) is 0 Å². The molecule has 0 bridgehead atoms. The minimum atomic E-state index is -0.411. The summed E-state index contributed by atoms with van der Waals surface area (Å²) >= 11 is 0. The minimum absolute atomic E-state index is 0.411. The van der Waals surface area contributed by atoms with Gasteiger partial charge in [-0.3, -0.25) is 10.0 Å². The van der Waals surface area contributed by atoms with Crippen LogP contribution in [0.1, 0.15) is 28.4 Å². The Kier molecular flexibility index (Phi) is 4.90. The van der Waals surface area contributed by atoms with E-state index in [1.54, 1.807) is 12.1 Å². The van der Waals surface area contributed by atoms with Gasteiger partial charge in [0.2, 0.25) is 0 Å². The van der Waals surface area contributed by atoms with Gasteiger partial charge in [0.1, 0.15) is 0 Å². The molecule has 21 heavy (non-hydrogen) atoms. The van der Waals surface area contributed by atoms with Gasteiger partial charge in [-0.15, -0.1) is 0 Å². The lowest BCUT2D eigenvalue weighted by Gasteiger charge is -2.08. The Balaban J connectivity index is 2.08. The number of nitrogens with zero attached hydrogens (tertiary/aromatic N) is 1. The number of benzene rings is 2. The molecule has 108 valence electrons. The third-order valence-electron chi connectivity index (χ3n) is 3.19. The van der Waals surface area contributed by atoms with Gasteiger partial charge in [0.15, 0.2) is 0 Å². The topological polar surface area (TPSA) is 40.5 Å². The molecule has 0 spiro atoms. The molecule has 3 heteroatoms. The van der Waals surface area contributed by atoms with Crippen LogP contribution in [0.15, 0.2) is 60.2 Å². The molecule has 0 aromatic heterocycles. The van der Waals surface area contributed by atoms with Crippen LogP contribution in [0.2, 0.25) is 0 Å². The Morgan fingerprint density at radius 2 is 1.71 bits per heavy atom. The van der Waals surface area contributed by atoms with Gasteiger partial charge >= 0.3 is 0 Å². The smallest absolute Gasteiger partial charge is 0.276 e. The van der Waals surface area contributed by atoms with E-state index >= 15 is 0 Å². The van der Waals surface area contributed by atoms with Crippen molar-refractivity contribution in [2.75, 3.05) is 7.05 Å². The van der Waals surface area contributed by atoms with E-state index in [-0.39, 0.29) is 0 Å². The summed E-state index contributed by atoms with van der Waals surface area (Å²) in [5, 5.41) is 9.71. The first-order valence-electron chi connectivity index (χ1n) is 6.84. The van der Waals surface area contributed by atoms with Crippen LogP contribution < -0.4 is 0 Å². The number of hydroxylamine groups is 2. The summed E-state index contributed by atoms with van der Waals surface area (Å²) in [7, 11) is 1.32. The molecular weight excluding hydrogens is 262 g/mol. The molecule has 0 aliphatic heterocycles. The lowest BCUT2D eigenvalue weighted by molar-refractivity contribution is -0.0374. The van der Waals surface area contributed by atoms with Crippen molar-refractivity contribution in [1.29, 1.82) is 0 Å². The first kappa shape index (κ1) is 15.0. The SMILES string of the molecule is CC(=Cc1ccc(C(=O)N(C)O)cc1)Cc1ccccc1. The fourth-order valence-corrected chi connectivity index (χ4v) is 2.16. The maximum Gasteiger partial charge on any atom is 0.276 e. The third-order valence-corrected chi connectivity index (χ3v) is 3.19. The number of carbonyl (C=O) groups is 1. The van der Waals surface area contributed by atoms with E-state index in [0.29, 0.717) is 10.6 Å². The van der Waals surface area contributed by atoms with E-state index in [1.165, 1.54) is 18.2 Å². The molecule has 2 aromatic rings. The van der Waals surface area contributed by atoms with E-state index in [4.69, 9.17) is 5.21 Å². The van der Waals surface area contributed by atoms with Crippen molar-refractivity contribution in [2.45, 2.75) is 13.3 Å². The first-order chi connectivity index (χ1) is 10.1. The van der Waals surface area contributed by atoms with Crippen LogP contribution in [0.5, 0.6) is 0 Å². The molecule has 0 saturated carbocycles. The standard InChI is InChI=1S/C18H19NO2/c1-14(12-15-6-4-3-5-7-15)13-16-8-10-17(11-9-16)18(20)19(2)21/h3-11,13,21H,12H2,1-2H3. The normalized spacial score (nSPS) is 11.3. The average molecular weight is 281 g/mol. The Labute approximate surface area is 125 Å². The number of hydrogen-bond acceptors (Lipinski definition) is 2. The van der Waals surface area contributed by atoms with Crippen LogP contribution in [0.25, 0.3) is 6.08 Å². The number of carbonyl (C=O) groups excluding carboxylic acids is 1. The highest BCUT2D eigenvalue weighted by molar-refractivity contribution is 5.93. The summed E-state index contributed by atoms with van der Waals surface area (Å²) in [5.41, 5.74) is 4.04. The zero-order valence-corrected chi connectivity index (χ0v) is 12.3. The van der Waals surface area contributed by atoms with Crippen LogP contribution in [0.4, 0.5) is 0 Å². The molecule has 3 nitrogen and oxygen atoms in total. The average Bonchev–Trinajstić information content (AvgIpc) is 2.48. The number of amides is 1. The van der Waals surface area contributed by atoms with E-state index in [0.717, 1.165) is 12.0 Å². The minimum Gasteiger partial charge on any atom is -0.286 e. The van der Waals surface area contributed by atoms with E-state index in [2.05, 4.69) is 25.1 Å². The summed E-state index contributed by atoms with van der Waals surface area (Å²) < 4.78 is 0. The van der Waals surface area contributed by atoms with Gasteiger partial charge in [-0.25, -0.2) is 5.06 Å². The Morgan fingerprint density at radius 1 is 1.10 bits per heavy atom.